The van der Waals surface area contributed by atoms with Gasteiger partial charge in [-0.2, -0.15) is 13.2 Å². The Labute approximate surface area is 106 Å². The van der Waals surface area contributed by atoms with Crippen LogP contribution in [0.15, 0.2) is 0 Å². The maximum absolute atomic E-state index is 13.0. The number of rotatable bonds is 2. The highest BCUT2D eigenvalue weighted by molar-refractivity contribution is 4.86. The van der Waals surface area contributed by atoms with Gasteiger partial charge in [-0.25, -0.2) is 0 Å². The first-order chi connectivity index (χ1) is 8.47. The molecule has 0 bridgehead atoms. The summed E-state index contributed by atoms with van der Waals surface area (Å²) >= 11 is 0. The lowest BCUT2D eigenvalue weighted by Gasteiger charge is -2.33. The molecule has 0 aromatic heterocycles. The molecule has 2 saturated heterocycles. The monoisotopic (exact) mass is 265 g/mol. The van der Waals surface area contributed by atoms with E-state index in [1.54, 1.807) is 4.90 Å². The number of halogens is 3. The van der Waals surface area contributed by atoms with Crippen LogP contribution in [0.5, 0.6) is 0 Å². The van der Waals surface area contributed by atoms with Gasteiger partial charge in [0.25, 0.3) is 0 Å². The van der Waals surface area contributed by atoms with Crippen molar-refractivity contribution in [2.75, 3.05) is 46.3 Å². The summed E-state index contributed by atoms with van der Waals surface area (Å²) in [5.41, 5.74) is 0. The van der Waals surface area contributed by atoms with Crippen LogP contribution in [0, 0.1) is 5.92 Å². The quantitative estimate of drug-likeness (QED) is 0.808. The molecule has 0 saturated carbocycles. The van der Waals surface area contributed by atoms with E-state index in [9.17, 15) is 13.2 Å². The molecule has 106 valence electrons. The lowest BCUT2D eigenvalue weighted by atomic mass is 10.1. The van der Waals surface area contributed by atoms with E-state index in [2.05, 4.69) is 10.2 Å². The number of hydrogen-bond donors (Lipinski definition) is 1. The van der Waals surface area contributed by atoms with E-state index in [4.69, 9.17) is 0 Å². The predicted molar refractivity (Wildman–Crippen MR) is 64.5 cm³/mol. The second-order valence-electron chi connectivity index (χ2n) is 5.53. The molecule has 6 heteroatoms. The van der Waals surface area contributed by atoms with Crippen LogP contribution in [0.4, 0.5) is 13.2 Å². The van der Waals surface area contributed by atoms with E-state index in [0.717, 1.165) is 25.9 Å². The Morgan fingerprint density at radius 3 is 2.67 bits per heavy atom. The van der Waals surface area contributed by atoms with Gasteiger partial charge in [-0.1, -0.05) is 0 Å². The Bertz CT molecular complexity index is 270. The molecular formula is C12H22F3N3. The summed E-state index contributed by atoms with van der Waals surface area (Å²) in [5, 5.41) is 2.90. The number of nitrogens with zero attached hydrogens (tertiary/aromatic N) is 2. The molecule has 0 spiro atoms. The standard InChI is InChI=1S/C12H22F3N3/c1-17-6-3-10(8-17)9-18-5-2-4-16-7-11(18)12(13,14)15/h10-11,16H,2-9H2,1H3. The Morgan fingerprint density at radius 2 is 2.06 bits per heavy atom. The van der Waals surface area contributed by atoms with Crippen LogP contribution in [0.1, 0.15) is 12.8 Å². The summed E-state index contributed by atoms with van der Waals surface area (Å²) in [7, 11) is 2.03. The van der Waals surface area contributed by atoms with Crippen molar-refractivity contribution >= 4 is 0 Å². The van der Waals surface area contributed by atoms with Gasteiger partial charge >= 0.3 is 6.18 Å². The number of hydrogen-bond acceptors (Lipinski definition) is 3. The largest absolute Gasteiger partial charge is 0.405 e. The SMILES string of the molecule is CN1CCC(CN2CCCNCC2C(F)(F)F)C1. The summed E-state index contributed by atoms with van der Waals surface area (Å²) in [6.07, 6.45) is -2.30. The third-order valence-electron chi connectivity index (χ3n) is 3.94. The van der Waals surface area contributed by atoms with Crippen molar-refractivity contribution in [3.63, 3.8) is 0 Å². The van der Waals surface area contributed by atoms with Crippen molar-refractivity contribution < 1.29 is 13.2 Å². The normalized spacial score (nSPS) is 32.7. The highest BCUT2D eigenvalue weighted by Gasteiger charge is 2.44. The van der Waals surface area contributed by atoms with Crippen LogP contribution < -0.4 is 5.32 Å². The molecule has 2 aliphatic rings. The van der Waals surface area contributed by atoms with E-state index in [1.807, 2.05) is 7.05 Å². The Balaban J connectivity index is 1.97. The average molecular weight is 265 g/mol. The molecule has 0 aromatic rings. The fraction of sp³-hybridized carbons (Fsp3) is 1.00. The van der Waals surface area contributed by atoms with Gasteiger partial charge in [0, 0.05) is 26.2 Å². The van der Waals surface area contributed by atoms with E-state index in [0.29, 0.717) is 25.6 Å². The molecule has 0 radical (unpaired) electrons. The van der Waals surface area contributed by atoms with Gasteiger partial charge in [0.1, 0.15) is 6.04 Å². The molecule has 2 rings (SSSR count). The van der Waals surface area contributed by atoms with E-state index < -0.39 is 12.2 Å². The number of alkyl halides is 3. The highest BCUT2D eigenvalue weighted by atomic mass is 19.4. The van der Waals surface area contributed by atoms with Crippen molar-refractivity contribution in [2.24, 2.45) is 5.92 Å². The third kappa shape index (κ3) is 3.59. The van der Waals surface area contributed by atoms with Gasteiger partial charge in [-0.3, -0.25) is 4.90 Å². The zero-order valence-electron chi connectivity index (χ0n) is 10.8. The van der Waals surface area contributed by atoms with Gasteiger partial charge < -0.3 is 10.2 Å². The molecule has 1 N–H and O–H groups in total. The van der Waals surface area contributed by atoms with Gasteiger partial charge in [0.15, 0.2) is 0 Å². The van der Waals surface area contributed by atoms with Crippen molar-refractivity contribution in [3.8, 4) is 0 Å². The minimum atomic E-state index is -4.12. The minimum Gasteiger partial charge on any atom is -0.315 e. The second-order valence-corrected chi connectivity index (χ2v) is 5.53. The van der Waals surface area contributed by atoms with Gasteiger partial charge in [0.05, 0.1) is 0 Å². The Kier molecular flexibility index (Phi) is 4.50. The second kappa shape index (κ2) is 5.75. The molecule has 2 heterocycles. The maximum Gasteiger partial charge on any atom is 0.405 e. The van der Waals surface area contributed by atoms with Crippen molar-refractivity contribution in [1.29, 1.82) is 0 Å². The molecule has 0 aromatic carbocycles. The Morgan fingerprint density at radius 1 is 1.28 bits per heavy atom. The fourth-order valence-corrected chi connectivity index (χ4v) is 2.98. The van der Waals surface area contributed by atoms with Gasteiger partial charge in [-0.15, -0.1) is 0 Å². The first kappa shape index (κ1) is 14.1. The molecule has 0 amide bonds. The average Bonchev–Trinajstić information content (AvgIpc) is 2.53. The van der Waals surface area contributed by atoms with Crippen molar-refractivity contribution in [1.82, 2.24) is 15.1 Å². The fourth-order valence-electron chi connectivity index (χ4n) is 2.98. The van der Waals surface area contributed by atoms with Gasteiger partial charge in [0.2, 0.25) is 0 Å². The van der Waals surface area contributed by atoms with Crippen molar-refractivity contribution in [3.05, 3.63) is 0 Å². The molecule has 2 atom stereocenters. The zero-order chi connectivity index (χ0) is 13.2. The maximum atomic E-state index is 13.0. The molecular weight excluding hydrogens is 243 g/mol. The molecule has 2 aliphatic heterocycles. The summed E-state index contributed by atoms with van der Waals surface area (Å²) < 4.78 is 39.1. The molecule has 2 fully saturated rings. The lowest BCUT2D eigenvalue weighted by Crippen LogP contribution is -2.51. The topological polar surface area (TPSA) is 18.5 Å². The van der Waals surface area contributed by atoms with Crippen LogP contribution in [-0.4, -0.2) is 68.3 Å². The first-order valence-corrected chi connectivity index (χ1v) is 6.67. The number of likely N-dealkylation sites (tertiary alicyclic amines) is 1. The van der Waals surface area contributed by atoms with E-state index >= 15 is 0 Å². The zero-order valence-corrected chi connectivity index (χ0v) is 10.8. The lowest BCUT2D eigenvalue weighted by molar-refractivity contribution is -0.182. The smallest absolute Gasteiger partial charge is 0.315 e. The van der Waals surface area contributed by atoms with Gasteiger partial charge in [-0.05, 0) is 38.9 Å². The number of nitrogens with one attached hydrogen (secondary N) is 1. The minimum absolute atomic E-state index is 0.0338. The highest BCUT2D eigenvalue weighted by Crippen LogP contribution is 2.27. The summed E-state index contributed by atoms with van der Waals surface area (Å²) in [4.78, 5) is 3.84. The molecule has 0 aliphatic carbocycles. The first-order valence-electron chi connectivity index (χ1n) is 6.67. The summed E-state index contributed by atoms with van der Waals surface area (Å²) in [6, 6.07) is -1.31. The Hall–Kier alpha value is -0.330. The third-order valence-corrected chi connectivity index (χ3v) is 3.94. The van der Waals surface area contributed by atoms with Crippen LogP contribution in [-0.2, 0) is 0 Å². The van der Waals surface area contributed by atoms with E-state index in [1.165, 1.54) is 0 Å². The van der Waals surface area contributed by atoms with Crippen molar-refractivity contribution in [2.45, 2.75) is 25.1 Å². The summed E-state index contributed by atoms with van der Waals surface area (Å²) in [5.74, 6) is 0.387. The molecule has 18 heavy (non-hydrogen) atoms. The van der Waals surface area contributed by atoms with Crippen LogP contribution >= 0.6 is 0 Å². The van der Waals surface area contributed by atoms with Crippen LogP contribution in [0.2, 0.25) is 0 Å². The van der Waals surface area contributed by atoms with Crippen LogP contribution in [0.3, 0.4) is 0 Å². The van der Waals surface area contributed by atoms with Crippen LogP contribution in [0.25, 0.3) is 0 Å². The summed E-state index contributed by atoms with van der Waals surface area (Å²) in [6.45, 7) is 3.79. The molecule has 3 nitrogen and oxygen atoms in total. The van der Waals surface area contributed by atoms with E-state index in [-0.39, 0.29) is 6.54 Å². The molecule has 2 unspecified atom stereocenters. The predicted octanol–water partition coefficient (Wildman–Crippen LogP) is 1.16.